The number of carbonyl (C=O) groups is 3. The van der Waals surface area contributed by atoms with Crippen molar-refractivity contribution in [3.05, 3.63) is 39.0 Å². The lowest BCUT2D eigenvalue weighted by Crippen LogP contribution is -2.56. The first-order valence-electron chi connectivity index (χ1n) is 12.5. The van der Waals surface area contributed by atoms with Gasteiger partial charge in [0.1, 0.15) is 34.0 Å². The largest absolute Gasteiger partial charge is 0.444 e. The van der Waals surface area contributed by atoms with E-state index in [-0.39, 0.29) is 45.8 Å². The Hall–Kier alpha value is -3.67. The number of piperidine rings is 1. The summed E-state index contributed by atoms with van der Waals surface area (Å²) in [5, 5.41) is 8.73. The maximum atomic E-state index is 13.8. The molecular formula is C25H30ClN7O5. The Balaban J connectivity index is 1.42. The van der Waals surface area contributed by atoms with Crippen molar-refractivity contribution in [1.82, 2.24) is 24.8 Å². The standard InChI is InChI=1S/C25H30ClN7O5/c1-13-11-15(29-18-16(26)19(28-12-27-18)30-20(34)14-5-6-14)22(36)33-17(13)21(35)31-25(33)7-9-32(10-8-25)23(37)38-24(2,3)4/h11-12,14H,5-10H2,1-4H3,(H,31,35)(H2,27,28,29,30,34). The molecule has 1 saturated heterocycles. The predicted octanol–water partition coefficient (Wildman–Crippen LogP) is 3.12. The Morgan fingerprint density at radius 3 is 2.45 bits per heavy atom. The Morgan fingerprint density at radius 2 is 1.82 bits per heavy atom. The normalized spacial score (nSPS) is 18.1. The number of ether oxygens (including phenoxy) is 1. The van der Waals surface area contributed by atoms with Gasteiger partial charge >= 0.3 is 6.09 Å². The Labute approximate surface area is 224 Å². The molecule has 1 spiro atoms. The molecule has 2 aromatic rings. The van der Waals surface area contributed by atoms with Gasteiger partial charge in [0.25, 0.3) is 11.5 Å². The number of nitrogens with zero attached hydrogens (tertiary/aromatic N) is 4. The molecule has 5 rings (SSSR count). The fraction of sp³-hybridized carbons (Fsp3) is 0.520. The van der Waals surface area contributed by atoms with E-state index in [1.54, 1.807) is 38.7 Å². The first kappa shape index (κ1) is 26.0. The van der Waals surface area contributed by atoms with Gasteiger partial charge in [-0.25, -0.2) is 14.8 Å². The molecule has 3 N–H and O–H groups in total. The van der Waals surface area contributed by atoms with Crippen LogP contribution in [-0.2, 0) is 15.2 Å². The van der Waals surface area contributed by atoms with E-state index in [0.29, 0.717) is 31.5 Å². The molecule has 3 amide bonds. The maximum Gasteiger partial charge on any atom is 0.410 e. The molecule has 0 unspecified atom stereocenters. The lowest BCUT2D eigenvalue weighted by molar-refractivity contribution is -0.117. The summed E-state index contributed by atoms with van der Waals surface area (Å²) in [6, 6.07) is 1.57. The topological polar surface area (TPSA) is 148 Å². The van der Waals surface area contributed by atoms with Crippen molar-refractivity contribution < 1.29 is 19.1 Å². The molecule has 2 aliphatic heterocycles. The summed E-state index contributed by atoms with van der Waals surface area (Å²) < 4.78 is 6.96. The average Bonchev–Trinajstić information content (AvgIpc) is 3.64. The van der Waals surface area contributed by atoms with Gasteiger partial charge in [-0.1, -0.05) is 11.6 Å². The van der Waals surface area contributed by atoms with Gasteiger partial charge in [-0.2, -0.15) is 0 Å². The summed E-state index contributed by atoms with van der Waals surface area (Å²) in [7, 11) is 0. The van der Waals surface area contributed by atoms with E-state index in [1.165, 1.54) is 10.9 Å². The third-order valence-electron chi connectivity index (χ3n) is 6.86. The monoisotopic (exact) mass is 543 g/mol. The average molecular weight is 544 g/mol. The molecule has 0 atom stereocenters. The van der Waals surface area contributed by atoms with Crippen LogP contribution in [0.25, 0.3) is 0 Å². The summed E-state index contributed by atoms with van der Waals surface area (Å²) in [4.78, 5) is 61.3. The van der Waals surface area contributed by atoms with Crippen LogP contribution in [0, 0.1) is 12.8 Å². The van der Waals surface area contributed by atoms with Gasteiger partial charge in [-0.05, 0) is 52.2 Å². The molecule has 0 aromatic carbocycles. The van der Waals surface area contributed by atoms with Gasteiger partial charge < -0.3 is 25.6 Å². The zero-order valence-corrected chi connectivity index (χ0v) is 22.4. The van der Waals surface area contributed by atoms with Crippen molar-refractivity contribution in [3.63, 3.8) is 0 Å². The highest BCUT2D eigenvalue weighted by molar-refractivity contribution is 6.35. The minimum atomic E-state index is -0.983. The fourth-order valence-corrected chi connectivity index (χ4v) is 5.01. The molecule has 13 heteroatoms. The van der Waals surface area contributed by atoms with Crippen LogP contribution in [0.15, 0.2) is 17.2 Å². The van der Waals surface area contributed by atoms with Gasteiger partial charge in [0.2, 0.25) is 5.91 Å². The molecule has 38 heavy (non-hydrogen) atoms. The first-order chi connectivity index (χ1) is 17.9. The van der Waals surface area contributed by atoms with Gasteiger partial charge in [0.05, 0.1) is 0 Å². The number of carbonyl (C=O) groups excluding carboxylic acids is 3. The van der Waals surface area contributed by atoms with Crippen LogP contribution in [-0.4, -0.2) is 56.0 Å². The van der Waals surface area contributed by atoms with Gasteiger partial charge in [-0.3, -0.25) is 19.0 Å². The van der Waals surface area contributed by atoms with Gasteiger partial charge in [0.15, 0.2) is 11.6 Å². The minimum absolute atomic E-state index is 0.0376. The highest BCUT2D eigenvalue weighted by Crippen LogP contribution is 2.36. The molecule has 4 heterocycles. The number of aryl methyl sites for hydroxylation is 1. The van der Waals surface area contributed by atoms with Crippen molar-refractivity contribution in [1.29, 1.82) is 0 Å². The molecule has 1 saturated carbocycles. The van der Waals surface area contributed by atoms with Crippen LogP contribution in [0.5, 0.6) is 0 Å². The van der Waals surface area contributed by atoms with E-state index in [1.807, 2.05) is 0 Å². The third kappa shape index (κ3) is 4.80. The second-order valence-electron chi connectivity index (χ2n) is 11.0. The maximum absolute atomic E-state index is 13.8. The molecule has 0 radical (unpaired) electrons. The zero-order valence-electron chi connectivity index (χ0n) is 21.7. The number of likely N-dealkylation sites (tertiary alicyclic amines) is 1. The number of halogens is 1. The number of hydrogen-bond acceptors (Lipinski definition) is 8. The number of rotatable bonds is 4. The number of hydrogen-bond donors (Lipinski definition) is 3. The molecule has 3 aliphatic rings. The summed E-state index contributed by atoms with van der Waals surface area (Å²) in [5.41, 5.74) is -1.02. The van der Waals surface area contributed by atoms with Crippen molar-refractivity contribution in [3.8, 4) is 0 Å². The SMILES string of the molecule is Cc1cc(Nc2ncnc(NC(=O)C3CC3)c2Cl)c(=O)n2c1C(=O)NC21CCN(C(=O)OC(C)(C)C)CC1. The lowest BCUT2D eigenvalue weighted by Gasteiger charge is -2.40. The highest BCUT2D eigenvalue weighted by Gasteiger charge is 2.47. The van der Waals surface area contributed by atoms with Crippen molar-refractivity contribution in [2.24, 2.45) is 5.92 Å². The second-order valence-corrected chi connectivity index (χ2v) is 11.3. The van der Waals surface area contributed by atoms with Crippen LogP contribution < -0.4 is 21.5 Å². The molecule has 202 valence electrons. The van der Waals surface area contributed by atoms with Crippen molar-refractivity contribution in [2.75, 3.05) is 23.7 Å². The third-order valence-corrected chi connectivity index (χ3v) is 7.21. The van der Waals surface area contributed by atoms with E-state index in [4.69, 9.17) is 16.3 Å². The summed E-state index contributed by atoms with van der Waals surface area (Å²) in [6.45, 7) is 7.75. The minimum Gasteiger partial charge on any atom is -0.444 e. The molecule has 2 fully saturated rings. The molecule has 1 aliphatic carbocycles. The Kier molecular flexibility index (Phi) is 6.33. The van der Waals surface area contributed by atoms with Crippen molar-refractivity contribution >= 4 is 46.8 Å². The summed E-state index contributed by atoms with van der Waals surface area (Å²) >= 11 is 6.47. The number of nitrogens with one attached hydrogen (secondary N) is 3. The van der Waals surface area contributed by atoms with Crippen LogP contribution in [0.4, 0.5) is 22.1 Å². The fourth-order valence-electron chi connectivity index (χ4n) is 4.82. The van der Waals surface area contributed by atoms with Crippen molar-refractivity contribution in [2.45, 2.75) is 64.6 Å². The smallest absolute Gasteiger partial charge is 0.410 e. The van der Waals surface area contributed by atoms with Crippen LogP contribution in [0.1, 0.15) is 62.5 Å². The first-order valence-corrected chi connectivity index (χ1v) is 12.9. The predicted molar refractivity (Wildman–Crippen MR) is 140 cm³/mol. The van der Waals surface area contributed by atoms with E-state index in [0.717, 1.165) is 12.8 Å². The zero-order chi connectivity index (χ0) is 27.4. The molecular weight excluding hydrogens is 514 g/mol. The number of amides is 3. The van der Waals surface area contributed by atoms with Gasteiger partial charge in [0, 0.05) is 31.8 Å². The van der Waals surface area contributed by atoms with E-state index < -0.39 is 22.9 Å². The lowest BCUT2D eigenvalue weighted by atomic mass is 9.97. The van der Waals surface area contributed by atoms with E-state index >= 15 is 0 Å². The summed E-state index contributed by atoms with van der Waals surface area (Å²) in [5.74, 6) is -0.238. The Bertz CT molecular complexity index is 1390. The number of anilines is 3. The molecule has 2 aromatic heterocycles. The number of aromatic nitrogens is 3. The highest BCUT2D eigenvalue weighted by atomic mass is 35.5. The second kappa shape index (κ2) is 9.26. The number of pyridine rings is 1. The number of fused-ring (bicyclic) bond motifs is 2. The molecule has 0 bridgehead atoms. The van der Waals surface area contributed by atoms with E-state index in [2.05, 4.69) is 25.9 Å². The van der Waals surface area contributed by atoms with Gasteiger partial charge in [-0.15, -0.1) is 0 Å². The Morgan fingerprint density at radius 1 is 1.16 bits per heavy atom. The molecule has 12 nitrogen and oxygen atoms in total. The summed E-state index contributed by atoms with van der Waals surface area (Å²) in [6.07, 6.45) is 3.13. The van der Waals surface area contributed by atoms with E-state index in [9.17, 15) is 19.2 Å². The van der Waals surface area contributed by atoms with Crippen LogP contribution in [0.3, 0.4) is 0 Å². The van der Waals surface area contributed by atoms with Crippen LogP contribution >= 0.6 is 11.6 Å². The van der Waals surface area contributed by atoms with Crippen LogP contribution in [0.2, 0.25) is 5.02 Å². The quantitative estimate of drug-likeness (QED) is 0.533.